The van der Waals surface area contributed by atoms with Gasteiger partial charge in [0.15, 0.2) is 0 Å². The van der Waals surface area contributed by atoms with Gasteiger partial charge in [-0.3, -0.25) is 9.36 Å². The summed E-state index contributed by atoms with van der Waals surface area (Å²) in [7, 11) is 1.58. The Morgan fingerprint density at radius 3 is 2.47 bits per heavy atom. The van der Waals surface area contributed by atoms with E-state index in [2.05, 4.69) is 29.5 Å². The van der Waals surface area contributed by atoms with Crippen LogP contribution in [0.4, 0.5) is 10.5 Å². The number of anilines is 1. The highest BCUT2D eigenvalue weighted by Crippen LogP contribution is 2.18. The van der Waals surface area contributed by atoms with Crippen molar-refractivity contribution in [3.05, 3.63) is 70.3 Å². The number of methoxy groups -OCH3 is 1. The number of para-hydroxylation sites is 1. The van der Waals surface area contributed by atoms with Gasteiger partial charge in [0.2, 0.25) is 0 Å². The number of aromatic nitrogens is 2. The lowest BCUT2D eigenvalue weighted by molar-refractivity contribution is 0.184. The number of benzene rings is 2. The zero-order valence-electron chi connectivity index (χ0n) is 17.8. The SMILES string of the molecule is COCCn1c([C@@H](C)NC(=O)Nc2ccc(C(C)C)cc2)nc2ccccc2c1=O. The lowest BCUT2D eigenvalue weighted by Crippen LogP contribution is -2.36. The Morgan fingerprint density at radius 1 is 1.10 bits per heavy atom. The van der Waals surface area contributed by atoms with E-state index in [1.807, 2.05) is 36.4 Å². The monoisotopic (exact) mass is 408 g/mol. The van der Waals surface area contributed by atoms with Crippen molar-refractivity contribution in [2.24, 2.45) is 0 Å². The molecule has 3 rings (SSSR count). The molecule has 158 valence electrons. The molecule has 0 aliphatic rings. The summed E-state index contributed by atoms with van der Waals surface area (Å²) in [5.74, 6) is 0.914. The predicted octanol–water partition coefficient (Wildman–Crippen LogP) is 4.05. The van der Waals surface area contributed by atoms with Crippen molar-refractivity contribution in [3.63, 3.8) is 0 Å². The van der Waals surface area contributed by atoms with Crippen LogP contribution in [0.15, 0.2) is 53.3 Å². The summed E-state index contributed by atoms with van der Waals surface area (Å²) in [5.41, 5.74) is 2.36. The van der Waals surface area contributed by atoms with E-state index in [0.29, 0.717) is 41.5 Å². The molecule has 0 saturated heterocycles. The van der Waals surface area contributed by atoms with E-state index in [0.717, 1.165) is 0 Å². The molecule has 0 saturated carbocycles. The smallest absolute Gasteiger partial charge is 0.319 e. The van der Waals surface area contributed by atoms with Gasteiger partial charge in [0.25, 0.3) is 5.56 Å². The number of hydrogen-bond acceptors (Lipinski definition) is 4. The van der Waals surface area contributed by atoms with Crippen LogP contribution < -0.4 is 16.2 Å². The minimum Gasteiger partial charge on any atom is -0.383 e. The van der Waals surface area contributed by atoms with Crippen LogP contribution in [0.3, 0.4) is 0 Å². The first-order chi connectivity index (χ1) is 14.4. The molecule has 7 heteroatoms. The standard InChI is InChI=1S/C23H28N4O3/c1-15(2)17-9-11-18(12-10-17)25-23(29)24-16(3)21-26-20-8-6-5-7-19(20)22(28)27(21)13-14-30-4/h5-12,15-16H,13-14H2,1-4H3,(H2,24,25,29)/t16-/m1/s1. The maximum atomic E-state index is 13.0. The summed E-state index contributed by atoms with van der Waals surface area (Å²) in [4.78, 5) is 30.1. The second-order valence-corrected chi connectivity index (χ2v) is 7.53. The zero-order valence-corrected chi connectivity index (χ0v) is 17.8. The highest BCUT2D eigenvalue weighted by molar-refractivity contribution is 5.89. The van der Waals surface area contributed by atoms with E-state index in [4.69, 9.17) is 4.74 Å². The number of nitrogens with one attached hydrogen (secondary N) is 2. The first-order valence-corrected chi connectivity index (χ1v) is 10.1. The molecule has 2 N–H and O–H groups in total. The lowest BCUT2D eigenvalue weighted by Gasteiger charge is -2.20. The topological polar surface area (TPSA) is 85.2 Å². The molecule has 0 bridgehead atoms. The molecular weight excluding hydrogens is 380 g/mol. The number of carbonyl (C=O) groups is 1. The van der Waals surface area contributed by atoms with E-state index in [1.54, 1.807) is 30.7 Å². The average molecular weight is 409 g/mol. The Morgan fingerprint density at radius 2 is 1.80 bits per heavy atom. The number of nitrogens with zero attached hydrogens (tertiary/aromatic N) is 2. The van der Waals surface area contributed by atoms with Crippen LogP contribution in [0, 0.1) is 0 Å². The van der Waals surface area contributed by atoms with Gasteiger partial charge in [-0.05, 0) is 42.7 Å². The summed E-state index contributed by atoms with van der Waals surface area (Å²) < 4.78 is 6.71. The fraction of sp³-hybridized carbons (Fsp3) is 0.348. The number of urea groups is 1. The van der Waals surface area contributed by atoms with Crippen LogP contribution in [-0.2, 0) is 11.3 Å². The van der Waals surface area contributed by atoms with Gasteiger partial charge < -0.3 is 15.4 Å². The molecule has 0 unspecified atom stereocenters. The second kappa shape index (κ2) is 9.54. The molecule has 3 aromatic rings. The molecule has 1 aromatic heterocycles. The van der Waals surface area contributed by atoms with E-state index in [-0.39, 0.29) is 11.6 Å². The van der Waals surface area contributed by atoms with Crippen molar-refractivity contribution in [2.75, 3.05) is 19.0 Å². The Labute approximate surface area is 176 Å². The van der Waals surface area contributed by atoms with E-state index in [9.17, 15) is 9.59 Å². The van der Waals surface area contributed by atoms with Crippen LogP contribution in [0.25, 0.3) is 10.9 Å². The lowest BCUT2D eigenvalue weighted by atomic mass is 10.0. The van der Waals surface area contributed by atoms with Crippen molar-refractivity contribution in [1.29, 1.82) is 0 Å². The van der Waals surface area contributed by atoms with Crippen LogP contribution >= 0.6 is 0 Å². The highest BCUT2D eigenvalue weighted by Gasteiger charge is 2.18. The minimum absolute atomic E-state index is 0.147. The summed E-state index contributed by atoms with van der Waals surface area (Å²) in [6.07, 6.45) is 0. The number of rotatable bonds is 7. The fourth-order valence-corrected chi connectivity index (χ4v) is 3.29. The number of carbonyl (C=O) groups excluding carboxylic acids is 1. The number of ether oxygens (including phenoxy) is 1. The van der Waals surface area contributed by atoms with E-state index in [1.165, 1.54) is 5.56 Å². The molecule has 0 aliphatic carbocycles. The van der Waals surface area contributed by atoms with Gasteiger partial charge in [0, 0.05) is 12.8 Å². The zero-order chi connectivity index (χ0) is 21.7. The fourth-order valence-electron chi connectivity index (χ4n) is 3.29. The highest BCUT2D eigenvalue weighted by atomic mass is 16.5. The molecule has 7 nitrogen and oxygen atoms in total. The number of hydrogen-bond donors (Lipinski definition) is 2. The predicted molar refractivity (Wildman–Crippen MR) is 119 cm³/mol. The summed E-state index contributed by atoms with van der Waals surface area (Å²) in [6.45, 7) is 6.77. The molecule has 1 atom stereocenters. The van der Waals surface area contributed by atoms with Crippen molar-refractivity contribution in [3.8, 4) is 0 Å². The molecule has 30 heavy (non-hydrogen) atoms. The Bertz CT molecular complexity index is 1070. The maximum absolute atomic E-state index is 13.0. The van der Waals surface area contributed by atoms with Crippen LogP contribution in [0.2, 0.25) is 0 Å². The van der Waals surface area contributed by atoms with Crippen molar-refractivity contribution >= 4 is 22.6 Å². The third kappa shape index (κ3) is 4.86. The number of amides is 2. The van der Waals surface area contributed by atoms with Crippen LogP contribution in [0.5, 0.6) is 0 Å². The maximum Gasteiger partial charge on any atom is 0.319 e. The first-order valence-electron chi connectivity index (χ1n) is 10.1. The Hall–Kier alpha value is -3.19. The molecule has 0 aliphatic heterocycles. The van der Waals surface area contributed by atoms with Gasteiger partial charge in [-0.2, -0.15) is 0 Å². The quantitative estimate of drug-likeness (QED) is 0.618. The average Bonchev–Trinajstić information content (AvgIpc) is 2.73. The van der Waals surface area contributed by atoms with Crippen molar-refractivity contribution < 1.29 is 9.53 Å². The summed E-state index contributed by atoms with van der Waals surface area (Å²) >= 11 is 0. The van der Waals surface area contributed by atoms with Crippen molar-refractivity contribution in [2.45, 2.75) is 39.3 Å². The normalized spacial score (nSPS) is 12.2. The van der Waals surface area contributed by atoms with Gasteiger partial charge in [-0.1, -0.05) is 38.1 Å². The van der Waals surface area contributed by atoms with E-state index >= 15 is 0 Å². The summed E-state index contributed by atoms with van der Waals surface area (Å²) in [5, 5.41) is 6.25. The summed E-state index contributed by atoms with van der Waals surface area (Å²) in [6, 6.07) is 14.1. The third-order valence-corrected chi connectivity index (χ3v) is 4.98. The molecule has 2 amide bonds. The molecule has 0 spiro atoms. The van der Waals surface area contributed by atoms with Gasteiger partial charge in [-0.15, -0.1) is 0 Å². The first kappa shape index (κ1) is 21.5. The molecule has 0 radical (unpaired) electrons. The van der Waals surface area contributed by atoms with Gasteiger partial charge in [0.1, 0.15) is 5.82 Å². The third-order valence-electron chi connectivity index (χ3n) is 4.98. The number of fused-ring (bicyclic) bond motifs is 1. The Balaban J connectivity index is 1.82. The van der Waals surface area contributed by atoms with E-state index < -0.39 is 6.04 Å². The van der Waals surface area contributed by atoms with Crippen LogP contribution in [-0.4, -0.2) is 29.3 Å². The Kier molecular flexibility index (Phi) is 6.84. The molecule has 1 heterocycles. The molecular formula is C23H28N4O3. The van der Waals surface area contributed by atoms with Crippen molar-refractivity contribution in [1.82, 2.24) is 14.9 Å². The molecule has 2 aromatic carbocycles. The second-order valence-electron chi connectivity index (χ2n) is 7.53. The van der Waals surface area contributed by atoms with Gasteiger partial charge >= 0.3 is 6.03 Å². The largest absolute Gasteiger partial charge is 0.383 e. The van der Waals surface area contributed by atoms with Gasteiger partial charge in [0.05, 0.1) is 30.1 Å². The minimum atomic E-state index is -0.478. The van der Waals surface area contributed by atoms with Crippen LogP contribution in [0.1, 0.15) is 44.1 Å². The molecule has 0 fully saturated rings. The van der Waals surface area contributed by atoms with Gasteiger partial charge in [-0.25, -0.2) is 9.78 Å².